The van der Waals surface area contributed by atoms with Crippen LogP contribution in [0.2, 0.25) is 0 Å². The second kappa shape index (κ2) is 5.29. The van der Waals surface area contributed by atoms with Gasteiger partial charge in [0.1, 0.15) is 18.8 Å². The van der Waals surface area contributed by atoms with E-state index in [-0.39, 0.29) is 0 Å². The minimum absolute atomic E-state index is 0.671. The van der Waals surface area contributed by atoms with E-state index in [1.54, 1.807) is 12.0 Å². The van der Waals surface area contributed by atoms with Crippen LogP contribution in [0.4, 0.5) is 0 Å². The van der Waals surface area contributed by atoms with Crippen LogP contribution in [0.5, 0.6) is 5.75 Å². The molecule has 2 heterocycles. The molecule has 2 aliphatic rings. The number of nitrogens with one attached hydrogen (secondary N) is 1. The van der Waals surface area contributed by atoms with E-state index in [2.05, 4.69) is 23.5 Å². The molecule has 0 amide bonds. The quantitative estimate of drug-likeness (QED) is 0.751. The monoisotopic (exact) mass is 248 g/mol. The molecule has 1 atom stereocenters. The minimum Gasteiger partial charge on any atom is -0.497 e. The lowest BCUT2D eigenvalue weighted by molar-refractivity contribution is -0.952. The van der Waals surface area contributed by atoms with Crippen LogP contribution in [0, 0.1) is 0 Å². The van der Waals surface area contributed by atoms with Crippen molar-refractivity contribution in [2.45, 2.75) is 31.8 Å². The van der Waals surface area contributed by atoms with Crippen LogP contribution in [0.25, 0.3) is 0 Å². The predicted octanol–water partition coefficient (Wildman–Crippen LogP) is -0.118. The molecule has 0 bridgehead atoms. The van der Waals surface area contributed by atoms with Gasteiger partial charge in [0.2, 0.25) is 0 Å². The number of quaternary nitrogens is 2. The Morgan fingerprint density at radius 1 is 1.22 bits per heavy atom. The summed E-state index contributed by atoms with van der Waals surface area (Å²) in [6.45, 7) is 5.04. The summed E-state index contributed by atoms with van der Waals surface area (Å²) in [6, 6.07) is 7.29. The van der Waals surface area contributed by atoms with Crippen LogP contribution in [0.15, 0.2) is 18.2 Å². The number of benzene rings is 1. The third kappa shape index (κ3) is 2.25. The number of nitrogens with two attached hydrogens (primary N) is 1. The van der Waals surface area contributed by atoms with Gasteiger partial charge in [-0.3, -0.25) is 0 Å². The van der Waals surface area contributed by atoms with Crippen molar-refractivity contribution in [1.29, 1.82) is 0 Å². The molecule has 1 aromatic rings. The topological polar surface area (TPSA) is 30.3 Å². The summed E-state index contributed by atoms with van der Waals surface area (Å²) in [5, 5.41) is 2.46. The first-order valence-electron chi connectivity index (χ1n) is 7.21. The van der Waals surface area contributed by atoms with Crippen molar-refractivity contribution in [2.24, 2.45) is 0 Å². The van der Waals surface area contributed by atoms with E-state index in [0.29, 0.717) is 6.04 Å². The van der Waals surface area contributed by atoms with Gasteiger partial charge in [-0.15, -0.1) is 0 Å². The number of likely N-dealkylation sites (tertiary alicyclic amines) is 1. The second-order valence-corrected chi connectivity index (χ2v) is 5.56. The van der Waals surface area contributed by atoms with Crippen LogP contribution < -0.4 is 15.0 Å². The Balaban J connectivity index is 1.89. The molecule has 3 rings (SSSR count). The van der Waals surface area contributed by atoms with Crippen LogP contribution in [0.3, 0.4) is 0 Å². The van der Waals surface area contributed by atoms with E-state index >= 15 is 0 Å². The number of hydrogen-bond donors (Lipinski definition) is 2. The van der Waals surface area contributed by atoms with Gasteiger partial charge in [-0.1, -0.05) is 0 Å². The minimum atomic E-state index is 0.671. The van der Waals surface area contributed by atoms with E-state index < -0.39 is 0 Å². The lowest BCUT2D eigenvalue weighted by atomic mass is 9.93. The molecule has 98 valence electrons. The highest BCUT2D eigenvalue weighted by Crippen LogP contribution is 2.23. The standard InChI is InChI=1S/C15H22N2O/c1-18-13-6-5-12-10-16-11-15(14(12)9-13)17-7-3-2-4-8-17/h5-6,9,15-16H,2-4,7-8,10-11H2,1H3/p+2/t15-/m0/s1. The fourth-order valence-corrected chi connectivity index (χ4v) is 3.48. The molecule has 1 fully saturated rings. The third-order valence-electron chi connectivity index (χ3n) is 4.48. The van der Waals surface area contributed by atoms with Gasteiger partial charge in [0.25, 0.3) is 0 Å². The molecule has 0 radical (unpaired) electrons. The summed E-state index contributed by atoms with van der Waals surface area (Å²) in [6.07, 6.45) is 4.21. The van der Waals surface area contributed by atoms with Crippen molar-refractivity contribution in [3.05, 3.63) is 29.3 Å². The van der Waals surface area contributed by atoms with Gasteiger partial charge >= 0.3 is 0 Å². The summed E-state index contributed by atoms with van der Waals surface area (Å²) in [7, 11) is 1.76. The molecular weight excluding hydrogens is 224 g/mol. The molecule has 0 unspecified atom stereocenters. The molecule has 0 aliphatic carbocycles. The maximum absolute atomic E-state index is 5.40. The third-order valence-corrected chi connectivity index (χ3v) is 4.48. The first-order valence-corrected chi connectivity index (χ1v) is 7.21. The zero-order chi connectivity index (χ0) is 12.4. The van der Waals surface area contributed by atoms with E-state index in [0.717, 1.165) is 12.3 Å². The molecule has 0 saturated carbocycles. The van der Waals surface area contributed by atoms with Crippen molar-refractivity contribution >= 4 is 0 Å². The van der Waals surface area contributed by atoms with Crippen molar-refractivity contribution in [3.63, 3.8) is 0 Å². The predicted molar refractivity (Wildman–Crippen MR) is 70.8 cm³/mol. The van der Waals surface area contributed by atoms with Crippen LogP contribution in [-0.2, 0) is 6.54 Å². The molecule has 2 aliphatic heterocycles. The molecular formula is C15H24N2O+2. The zero-order valence-electron chi connectivity index (χ0n) is 11.2. The summed E-state index contributed by atoms with van der Waals surface area (Å²) < 4.78 is 5.40. The van der Waals surface area contributed by atoms with Gasteiger partial charge in [-0.05, 0) is 37.5 Å². The highest BCUT2D eigenvalue weighted by atomic mass is 16.5. The van der Waals surface area contributed by atoms with Crippen molar-refractivity contribution < 1.29 is 15.0 Å². The average Bonchev–Trinajstić information content (AvgIpc) is 2.47. The lowest BCUT2D eigenvalue weighted by Crippen LogP contribution is -3.16. The molecule has 1 saturated heterocycles. The van der Waals surface area contributed by atoms with E-state index in [1.165, 1.54) is 50.0 Å². The lowest BCUT2D eigenvalue weighted by Gasteiger charge is -2.33. The maximum Gasteiger partial charge on any atom is 0.163 e. The van der Waals surface area contributed by atoms with Gasteiger partial charge < -0.3 is 15.0 Å². The number of fused-ring (bicyclic) bond motifs is 1. The van der Waals surface area contributed by atoms with Crippen LogP contribution >= 0.6 is 0 Å². The Morgan fingerprint density at radius 2 is 2.06 bits per heavy atom. The number of hydrogen-bond acceptors (Lipinski definition) is 1. The first-order chi connectivity index (χ1) is 8.88. The Bertz CT molecular complexity index is 413. The van der Waals surface area contributed by atoms with E-state index in [1.807, 2.05) is 0 Å². The molecule has 1 aromatic carbocycles. The normalized spacial score (nSPS) is 24.6. The van der Waals surface area contributed by atoms with Gasteiger partial charge in [-0.2, -0.15) is 0 Å². The summed E-state index contributed by atoms with van der Waals surface area (Å²) >= 11 is 0. The Labute approximate surface area is 109 Å². The Hall–Kier alpha value is -1.06. The van der Waals surface area contributed by atoms with Gasteiger partial charge in [0.05, 0.1) is 20.2 Å². The summed E-state index contributed by atoms with van der Waals surface area (Å²) in [5.74, 6) is 1.01. The van der Waals surface area contributed by atoms with Gasteiger partial charge in [-0.25, -0.2) is 0 Å². The number of ether oxygens (including phenoxy) is 1. The van der Waals surface area contributed by atoms with Crippen molar-refractivity contribution in [1.82, 2.24) is 0 Å². The molecule has 3 nitrogen and oxygen atoms in total. The van der Waals surface area contributed by atoms with Crippen LogP contribution in [0.1, 0.15) is 36.4 Å². The van der Waals surface area contributed by atoms with Crippen LogP contribution in [-0.4, -0.2) is 26.7 Å². The first kappa shape index (κ1) is 12.0. The highest BCUT2D eigenvalue weighted by molar-refractivity contribution is 5.37. The highest BCUT2D eigenvalue weighted by Gasteiger charge is 2.32. The molecule has 0 spiro atoms. The van der Waals surface area contributed by atoms with Gasteiger partial charge in [0.15, 0.2) is 6.04 Å². The molecule has 3 heteroatoms. The zero-order valence-corrected chi connectivity index (χ0v) is 11.2. The average molecular weight is 248 g/mol. The molecule has 3 N–H and O–H groups in total. The molecule has 0 aromatic heterocycles. The Kier molecular flexibility index (Phi) is 3.52. The number of methoxy groups -OCH3 is 1. The Morgan fingerprint density at radius 3 is 2.83 bits per heavy atom. The van der Waals surface area contributed by atoms with Crippen molar-refractivity contribution in [2.75, 3.05) is 26.7 Å². The SMILES string of the molecule is COc1ccc2c(c1)[C@@H]([NH+]1CCCCC1)C[NH2+]C2. The van der Waals surface area contributed by atoms with E-state index in [4.69, 9.17) is 4.74 Å². The number of rotatable bonds is 2. The van der Waals surface area contributed by atoms with Crippen molar-refractivity contribution in [3.8, 4) is 5.75 Å². The molecule has 18 heavy (non-hydrogen) atoms. The second-order valence-electron chi connectivity index (χ2n) is 5.56. The number of piperidine rings is 1. The fraction of sp³-hybridized carbons (Fsp3) is 0.600. The van der Waals surface area contributed by atoms with Gasteiger partial charge in [0, 0.05) is 11.1 Å². The maximum atomic E-state index is 5.40. The largest absolute Gasteiger partial charge is 0.497 e. The van der Waals surface area contributed by atoms with E-state index in [9.17, 15) is 0 Å². The summed E-state index contributed by atoms with van der Waals surface area (Å²) in [5.41, 5.74) is 3.04. The fourth-order valence-electron chi connectivity index (χ4n) is 3.48. The summed E-state index contributed by atoms with van der Waals surface area (Å²) in [4.78, 5) is 1.78. The smallest absolute Gasteiger partial charge is 0.163 e.